The van der Waals surface area contributed by atoms with E-state index in [1.54, 1.807) is 47.0 Å². The van der Waals surface area contributed by atoms with Crippen molar-refractivity contribution in [3.05, 3.63) is 75.6 Å². The Morgan fingerprint density at radius 2 is 1.81 bits per heavy atom. The van der Waals surface area contributed by atoms with Crippen LogP contribution in [0.2, 0.25) is 15.1 Å². The fraction of sp³-hybridized carbons (Fsp3) is 0.200. The number of hydrogen-bond acceptors (Lipinski definition) is 5. The Hall–Kier alpha value is -2.10. The predicted octanol–water partition coefficient (Wildman–Crippen LogP) is 4.67. The molecule has 1 aliphatic heterocycles. The summed E-state index contributed by atoms with van der Waals surface area (Å²) in [7, 11) is -2.05. The number of hydrazone groups is 1. The van der Waals surface area contributed by atoms with Crippen LogP contribution >= 0.6 is 34.8 Å². The van der Waals surface area contributed by atoms with Crippen molar-refractivity contribution in [2.45, 2.75) is 17.5 Å². The van der Waals surface area contributed by atoms with Crippen LogP contribution in [-0.2, 0) is 17.1 Å². The van der Waals surface area contributed by atoms with Gasteiger partial charge in [-0.25, -0.2) is 18.1 Å². The summed E-state index contributed by atoms with van der Waals surface area (Å²) < 4.78 is 29.2. The zero-order chi connectivity index (χ0) is 22.2. The second-order valence-corrected chi connectivity index (χ2v) is 10.1. The summed E-state index contributed by atoms with van der Waals surface area (Å²) >= 11 is 18.5. The highest BCUT2D eigenvalue weighted by molar-refractivity contribution is 7.89. The van der Waals surface area contributed by atoms with E-state index in [2.05, 4.69) is 14.8 Å². The highest BCUT2D eigenvalue weighted by atomic mass is 35.5. The quantitative estimate of drug-likeness (QED) is 0.536. The second-order valence-electron chi connectivity index (χ2n) is 7.08. The summed E-state index contributed by atoms with van der Waals surface area (Å²) in [4.78, 5) is 3.91. The Bertz CT molecular complexity index is 1240. The van der Waals surface area contributed by atoms with Crippen LogP contribution in [0.5, 0.6) is 0 Å². The number of nitrogens with one attached hydrogen (secondary N) is 1. The maximum atomic E-state index is 12.5. The van der Waals surface area contributed by atoms with E-state index in [-0.39, 0.29) is 17.6 Å². The summed E-state index contributed by atoms with van der Waals surface area (Å²) in [6.45, 7) is 0.0463. The van der Waals surface area contributed by atoms with Crippen molar-refractivity contribution in [1.29, 1.82) is 0 Å². The van der Waals surface area contributed by atoms with Crippen molar-refractivity contribution in [2.24, 2.45) is 12.1 Å². The average molecular weight is 499 g/mol. The van der Waals surface area contributed by atoms with Gasteiger partial charge in [-0.1, -0.05) is 46.9 Å². The van der Waals surface area contributed by atoms with Crippen molar-refractivity contribution in [3.8, 4) is 0 Å². The van der Waals surface area contributed by atoms with Gasteiger partial charge in [-0.15, -0.1) is 0 Å². The van der Waals surface area contributed by atoms with Crippen LogP contribution < -0.4 is 9.73 Å². The molecule has 1 N–H and O–H groups in total. The first-order valence-electron chi connectivity index (χ1n) is 9.27. The molecule has 0 fully saturated rings. The molecule has 0 bridgehead atoms. The lowest BCUT2D eigenvalue weighted by molar-refractivity contribution is 0.583. The monoisotopic (exact) mass is 497 g/mol. The minimum atomic E-state index is -3.75. The minimum absolute atomic E-state index is 0.0413. The fourth-order valence-corrected chi connectivity index (χ4v) is 4.91. The van der Waals surface area contributed by atoms with Gasteiger partial charge in [0.2, 0.25) is 0 Å². The third kappa shape index (κ3) is 4.88. The molecule has 0 aliphatic carbocycles. The zero-order valence-corrected chi connectivity index (χ0v) is 19.4. The second kappa shape index (κ2) is 8.80. The van der Waals surface area contributed by atoms with Crippen molar-refractivity contribution in [1.82, 2.24) is 14.3 Å². The molecule has 0 saturated heterocycles. The Kier molecular flexibility index (Phi) is 6.27. The van der Waals surface area contributed by atoms with Gasteiger partial charge in [0.05, 0.1) is 35.3 Å². The molecule has 1 atom stereocenters. The molecule has 3 aromatic rings. The summed E-state index contributed by atoms with van der Waals surface area (Å²) in [5.74, 6) is 0. The van der Waals surface area contributed by atoms with Crippen LogP contribution in [0.1, 0.15) is 18.0 Å². The standard InChI is InChI=1S/C20H18Cl3N5O2S/c1-27-11-20(24-12-27)31(29,30)25-10-16-9-19(13-2-4-14(21)5-3-13)28(26-16)18-7-6-15(22)8-17(18)23/h2-8,11-12,19,25H,9-10H2,1H3. The molecule has 2 aromatic carbocycles. The minimum Gasteiger partial charge on any atom is -0.339 e. The molecule has 0 spiro atoms. The van der Waals surface area contributed by atoms with Gasteiger partial charge in [-0.2, -0.15) is 5.10 Å². The van der Waals surface area contributed by atoms with Crippen molar-refractivity contribution in [3.63, 3.8) is 0 Å². The lowest BCUT2D eigenvalue weighted by atomic mass is 10.0. The molecule has 0 saturated carbocycles. The topological polar surface area (TPSA) is 79.6 Å². The smallest absolute Gasteiger partial charge is 0.259 e. The third-order valence-corrected chi connectivity index (χ3v) is 6.88. The molecule has 2 heterocycles. The molecular weight excluding hydrogens is 481 g/mol. The number of nitrogens with zero attached hydrogens (tertiary/aromatic N) is 4. The highest BCUT2D eigenvalue weighted by Crippen LogP contribution is 2.39. The normalized spacial score (nSPS) is 16.6. The van der Waals surface area contributed by atoms with Crippen molar-refractivity contribution in [2.75, 3.05) is 11.6 Å². The van der Waals surface area contributed by atoms with E-state index in [0.29, 0.717) is 32.9 Å². The molecule has 1 aromatic heterocycles. The summed E-state index contributed by atoms with van der Waals surface area (Å²) in [6, 6.07) is 12.4. The molecular formula is C20H18Cl3N5O2S. The van der Waals surface area contributed by atoms with Crippen LogP contribution in [0.3, 0.4) is 0 Å². The maximum absolute atomic E-state index is 12.5. The summed E-state index contributed by atoms with van der Waals surface area (Å²) in [5, 5.41) is 8.00. The molecule has 1 unspecified atom stereocenters. The summed E-state index contributed by atoms with van der Waals surface area (Å²) in [6.07, 6.45) is 3.38. The number of aryl methyl sites for hydroxylation is 1. The number of anilines is 1. The zero-order valence-electron chi connectivity index (χ0n) is 16.3. The van der Waals surface area contributed by atoms with E-state index in [1.807, 2.05) is 12.1 Å². The van der Waals surface area contributed by atoms with Crippen molar-refractivity contribution >= 4 is 56.2 Å². The molecule has 11 heteroatoms. The number of aromatic nitrogens is 2. The van der Waals surface area contributed by atoms with Crippen molar-refractivity contribution < 1.29 is 8.42 Å². The SMILES string of the molecule is Cn1cnc(S(=O)(=O)NCC2=NN(c3ccc(Cl)cc3Cl)C(c3ccc(Cl)cc3)C2)c1. The van der Waals surface area contributed by atoms with Gasteiger partial charge in [0.15, 0.2) is 5.03 Å². The van der Waals surface area contributed by atoms with Crippen LogP contribution in [0.4, 0.5) is 5.69 Å². The molecule has 31 heavy (non-hydrogen) atoms. The largest absolute Gasteiger partial charge is 0.339 e. The average Bonchev–Trinajstić information content (AvgIpc) is 3.34. The van der Waals surface area contributed by atoms with Crippen LogP contribution in [0.15, 0.2) is 65.1 Å². The summed E-state index contributed by atoms with van der Waals surface area (Å²) in [5.41, 5.74) is 2.31. The first kappa shape index (κ1) is 22.1. The van der Waals surface area contributed by atoms with Gasteiger partial charge < -0.3 is 4.57 Å². The lowest BCUT2D eigenvalue weighted by Gasteiger charge is -2.25. The molecule has 0 amide bonds. The Morgan fingerprint density at radius 3 is 2.45 bits per heavy atom. The molecule has 162 valence electrons. The highest BCUT2D eigenvalue weighted by Gasteiger charge is 2.31. The molecule has 7 nitrogen and oxygen atoms in total. The first-order chi connectivity index (χ1) is 14.7. The Morgan fingerprint density at radius 1 is 1.10 bits per heavy atom. The lowest BCUT2D eigenvalue weighted by Crippen LogP contribution is -2.29. The van der Waals surface area contributed by atoms with Gasteiger partial charge in [0.25, 0.3) is 10.0 Å². The van der Waals surface area contributed by atoms with E-state index >= 15 is 0 Å². The molecule has 4 rings (SSSR count). The number of halogens is 3. The predicted molar refractivity (Wildman–Crippen MR) is 124 cm³/mol. The van der Waals surface area contributed by atoms with Gasteiger partial charge in [0, 0.05) is 29.7 Å². The van der Waals surface area contributed by atoms with Gasteiger partial charge in [-0.3, -0.25) is 5.01 Å². The first-order valence-corrected chi connectivity index (χ1v) is 11.9. The number of benzene rings is 2. The Labute approximate surface area is 195 Å². The molecule has 0 radical (unpaired) electrons. The van der Waals surface area contributed by atoms with E-state index in [1.165, 1.54) is 12.5 Å². The molecule has 1 aliphatic rings. The Balaban J connectivity index is 1.61. The number of imidazole rings is 1. The van der Waals surface area contributed by atoms with Gasteiger partial charge in [0.1, 0.15) is 0 Å². The number of hydrogen-bond donors (Lipinski definition) is 1. The van der Waals surface area contributed by atoms with Gasteiger partial charge in [-0.05, 0) is 35.9 Å². The van der Waals surface area contributed by atoms with E-state index in [0.717, 1.165) is 5.56 Å². The van der Waals surface area contributed by atoms with E-state index in [9.17, 15) is 8.42 Å². The van der Waals surface area contributed by atoms with E-state index in [4.69, 9.17) is 34.8 Å². The number of rotatable bonds is 6. The van der Waals surface area contributed by atoms with Crippen LogP contribution in [0.25, 0.3) is 0 Å². The van der Waals surface area contributed by atoms with Crippen LogP contribution in [-0.4, -0.2) is 30.2 Å². The maximum Gasteiger partial charge on any atom is 0.259 e. The third-order valence-electron chi connectivity index (χ3n) is 4.81. The number of sulfonamides is 1. The van der Waals surface area contributed by atoms with Gasteiger partial charge >= 0.3 is 0 Å². The van der Waals surface area contributed by atoms with E-state index < -0.39 is 10.0 Å². The fourth-order valence-electron chi connectivity index (χ4n) is 3.29. The van der Waals surface area contributed by atoms with Crippen LogP contribution in [0, 0.1) is 0 Å².